The molecule has 6 heteroatoms. The van der Waals surface area contributed by atoms with Gasteiger partial charge in [-0.2, -0.15) is 5.26 Å². The lowest BCUT2D eigenvalue weighted by Gasteiger charge is -2.06. The SMILES string of the molecule is N#CCCCn1c(=O)[nH]c2scc(-c3ccc(-c4ccccc4)cc3)c2c1=O. The molecule has 0 bridgehead atoms. The smallest absolute Gasteiger partial charge is 0.298 e. The molecule has 4 rings (SSSR count). The number of fused-ring (bicyclic) bond motifs is 1. The van der Waals surface area contributed by atoms with Gasteiger partial charge in [0.2, 0.25) is 0 Å². The molecule has 2 aromatic heterocycles. The van der Waals surface area contributed by atoms with E-state index in [1.165, 1.54) is 15.9 Å². The summed E-state index contributed by atoms with van der Waals surface area (Å²) in [6.07, 6.45) is 0.775. The molecule has 0 amide bonds. The van der Waals surface area contributed by atoms with Crippen LogP contribution in [0.4, 0.5) is 0 Å². The number of H-pyrrole nitrogens is 1. The number of aromatic amines is 1. The minimum absolute atomic E-state index is 0.236. The second-order valence-electron chi connectivity index (χ2n) is 6.45. The second-order valence-corrected chi connectivity index (χ2v) is 7.33. The number of hydrogen-bond donors (Lipinski definition) is 1. The number of aromatic nitrogens is 2. The van der Waals surface area contributed by atoms with Crippen LogP contribution in [0.2, 0.25) is 0 Å². The molecule has 0 fully saturated rings. The minimum Gasteiger partial charge on any atom is -0.298 e. The monoisotopic (exact) mass is 387 g/mol. The van der Waals surface area contributed by atoms with Crippen LogP contribution in [-0.2, 0) is 6.54 Å². The average molecular weight is 387 g/mol. The van der Waals surface area contributed by atoms with Gasteiger partial charge in [0.05, 0.1) is 11.5 Å². The van der Waals surface area contributed by atoms with E-state index in [0.717, 1.165) is 22.3 Å². The number of hydrogen-bond acceptors (Lipinski definition) is 4. The van der Waals surface area contributed by atoms with E-state index in [9.17, 15) is 9.59 Å². The Bertz CT molecular complexity index is 1280. The van der Waals surface area contributed by atoms with Crippen molar-refractivity contribution in [3.8, 4) is 28.3 Å². The van der Waals surface area contributed by atoms with E-state index in [2.05, 4.69) is 17.1 Å². The molecule has 2 aromatic carbocycles. The maximum Gasteiger partial charge on any atom is 0.329 e. The minimum atomic E-state index is -0.428. The summed E-state index contributed by atoms with van der Waals surface area (Å²) in [6, 6.07) is 20.2. The van der Waals surface area contributed by atoms with Crippen molar-refractivity contribution in [3.63, 3.8) is 0 Å². The summed E-state index contributed by atoms with van der Waals surface area (Å²) in [5.74, 6) is 0. The van der Waals surface area contributed by atoms with Gasteiger partial charge in [-0.25, -0.2) is 4.79 Å². The van der Waals surface area contributed by atoms with Crippen LogP contribution in [0, 0.1) is 11.3 Å². The zero-order valence-electron chi connectivity index (χ0n) is 15.0. The van der Waals surface area contributed by atoms with Crippen LogP contribution in [0.15, 0.2) is 69.6 Å². The fourth-order valence-corrected chi connectivity index (χ4v) is 4.21. The van der Waals surface area contributed by atoms with Crippen LogP contribution in [0.3, 0.4) is 0 Å². The van der Waals surface area contributed by atoms with Gasteiger partial charge in [-0.1, -0.05) is 54.6 Å². The summed E-state index contributed by atoms with van der Waals surface area (Å²) in [5.41, 5.74) is 3.25. The predicted octanol–water partition coefficient (Wildman–Crippen LogP) is 4.39. The van der Waals surface area contributed by atoms with Gasteiger partial charge in [-0.3, -0.25) is 14.3 Å². The number of thiophene rings is 1. The molecule has 0 atom stereocenters. The summed E-state index contributed by atoms with van der Waals surface area (Å²) < 4.78 is 1.19. The highest BCUT2D eigenvalue weighted by atomic mass is 32.1. The molecule has 1 N–H and O–H groups in total. The zero-order valence-corrected chi connectivity index (χ0v) is 15.8. The van der Waals surface area contributed by atoms with E-state index < -0.39 is 5.69 Å². The summed E-state index contributed by atoms with van der Waals surface area (Å²) >= 11 is 1.35. The summed E-state index contributed by atoms with van der Waals surface area (Å²) in [4.78, 5) is 28.6. The number of nitriles is 1. The molecule has 0 spiro atoms. The molecule has 4 aromatic rings. The van der Waals surface area contributed by atoms with Crippen molar-refractivity contribution < 1.29 is 0 Å². The fourth-order valence-electron chi connectivity index (χ4n) is 3.26. The normalized spacial score (nSPS) is 10.8. The molecule has 0 unspecified atom stereocenters. The third-order valence-electron chi connectivity index (χ3n) is 4.69. The summed E-state index contributed by atoms with van der Waals surface area (Å²) in [6.45, 7) is 0.236. The van der Waals surface area contributed by atoms with Gasteiger partial charge in [-0.15, -0.1) is 11.3 Å². The van der Waals surface area contributed by atoms with Crippen LogP contribution in [0.5, 0.6) is 0 Å². The van der Waals surface area contributed by atoms with Crippen molar-refractivity contribution in [1.29, 1.82) is 5.26 Å². The number of rotatable bonds is 5. The molecule has 0 aliphatic carbocycles. The first kappa shape index (κ1) is 18.0. The van der Waals surface area contributed by atoms with Gasteiger partial charge in [-0.05, 0) is 23.1 Å². The Hall–Kier alpha value is -3.43. The van der Waals surface area contributed by atoms with Crippen molar-refractivity contribution >= 4 is 21.6 Å². The molecule has 0 saturated heterocycles. The van der Waals surface area contributed by atoms with Crippen LogP contribution in [0.25, 0.3) is 32.5 Å². The van der Waals surface area contributed by atoms with Crippen LogP contribution in [0.1, 0.15) is 12.8 Å². The highest BCUT2D eigenvalue weighted by Gasteiger charge is 2.15. The van der Waals surface area contributed by atoms with Crippen molar-refractivity contribution in [1.82, 2.24) is 9.55 Å². The molecule has 5 nitrogen and oxygen atoms in total. The largest absolute Gasteiger partial charge is 0.329 e. The van der Waals surface area contributed by atoms with E-state index in [4.69, 9.17) is 5.26 Å². The summed E-state index contributed by atoms with van der Waals surface area (Å²) in [7, 11) is 0. The lowest BCUT2D eigenvalue weighted by molar-refractivity contribution is 0.605. The van der Waals surface area contributed by atoms with E-state index in [1.54, 1.807) is 0 Å². The first-order valence-corrected chi connectivity index (χ1v) is 9.84. The Morgan fingerprint density at radius 1 is 0.964 bits per heavy atom. The van der Waals surface area contributed by atoms with Crippen molar-refractivity contribution in [2.75, 3.05) is 0 Å². The highest BCUT2D eigenvalue weighted by Crippen LogP contribution is 2.31. The van der Waals surface area contributed by atoms with Gasteiger partial charge in [0.15, 0.2) is 0 Å². The van der Waals surface area contributed by atoms with Gasteiger partial charge in [0.1, 0.15) is 4.83 Å². The van der Waals surface area contributed by atoms with Crippen LogP contribution < -0.4 is 11.2 Å². The quantitative estimate of drug-likeness (QED) is 0.516. The number of benzene rings is 2. The van der Waals surface area contributed by atoms with Crippen LogP contribution >= 0.6 is 11.3 Å². The molecule has 0 saturated carbocycles. The first-order valence-electron chi connectivity index (χ1n) is 8.96. The Kier molecular flexibility index (Phi) is 4.92. The van der Waals surface area contributed by atoms with E-state index in [0.29, 0.717) is 23.1 Å². The third-order valence-corrected chi connectivity index (χ3v) is 5.58. The van der Waals surface area contributed by atoms with Gasteiger partial charge >= 0.3 is 5.69 Å². The van der Waals surface area contributed by atoms with Crippen LogP contribution in [-0.4, -0.2) is 9.55 Å². The fraction of sp³-hybridized carbons (Fsp3) is 0.136. The average Bonchev–Trinajstić information content (AvgIpc) is 3.15. The van der Waals surface area contributed by atoms with Crippen molar-refractivity contribution in [2.45, 2.75) is 19.4 Å². The Labute approximate surface area is 165 Å². The summed E-state index contributed by atoms with van der Waals surface area (Å²) in [5, 5.41) is 11.1. The molecule has 28 heavy (non-hydrogen) atoms. The molecule has 0 aliphatic rings. The molecule has 2 heterocycles. The highest BCUT2D eigenvalue weighted by molar-refractivity contribution is 7.17. The number of unbranched alkanes of at least 4 members (excludes halogenated alkanes) is 1. The molecular weight excluding hydrogens is 370 g/mol. The van der Waals surface area contributed by atoms with Gasteiger partial charge < -0.3 is 0 Å². The number of nitrogens with one attached hydrogen (secondary N) is 1. The lowest BCUT2D eigenvalue weighted by atomic mass is 10.0. The maximum atomic E-state index is 13.0. The third kappa shape index (κ3) is 3.28. The zero-order chi connectivity index (χ0) is 19.5. The standard InChI is InChI=1S/C22H17N3O2S/c23-12-4-5-13-25-21(26)19-18(14-28-20(19)24-22(25)27)17-10-8-16(9-11-17)15-6-2-1-3-7-15/h1-3,6-11,14H,4-5,13H2,(H,24,27). The second kappa shape index (κ2) is 7.67. The van der Waals surface area contributed by atoms with Crippen molar-refractivity contribution in [2.24, 2.45) is 0 Å². The van der Waals surface area contributed by atoms with Gasteiger partial charge in [0.25, 0.3) is 5.56 Å². The van der Waals surface area contributed by atoms with Gasteiger partial charge in [0, 0.05) is 23.9 Å². The number of nitrogens with zero attached hydrogens (tertiary/aromatic N) is 2. The predicted molar refractivity (Wildman–Crippen MR) is 112 cm³/mol. The lowest BCUT2D eigenvalue weighted by Crippen LogP contribution is -2.34. The first-order chi connectivity index (χ1) is 13.7. The molecule has 0 aliphatic heterocycles. The molecule has 0 radical (unpaired) electrons. The Balaban J connectivity index is 1.77. The molecule has 138 valence electrons. The Morgan fingerprint density at radius 2 is 1.64 bits per heavy atom. The Morgan fingerprint density at radius 3 is 2.36 bits per heavy atom. The molecular formula is C22H17N3O2S. The maximum absolute atomic E-state index is 13.0. The van der Waals surface area contributed by atoms with Crippen molar-refractivity contribution in [3.05, 3.63) is 80.8 Å². The van der Waals surface area contributed by atoms with E-state index >= 15 is 0 Å². The van der Waals surface area contributed by atoms with E-state index in [-0.39, 0.29) is 12.1 Å². The van der Waals surface area contributed by atoms with E-state index in [1.807, 2.05) is 53.9 Å². The topological polar surface area (TPSA) is 78.7 Å².